The highest BCUT2D eigenvalue weighted by atomic mass is 16.5. The van der Waals surface area contributed by atoms with Gasteiger partial charge in [-0.3, -0.25) is 4.79 Å². The minimum absolute atomic E-state index is 0.175. The van der Waals surface area contributed by atoms with E-state index in [0.29, 0.717) is 19.2 Å². The summed E-state index contributed by atoms with van der Waals surface area (Å²) in [6.07, 6.45) is 3.31. The lowest BCUT2D eigenvalue weighted by Gasteiger charge is -2.27. The minimum atomic E-state index is -0.175. The molecule has 1 amide bonds. The number of hydrogen-bond acceptors (Lipinski definition) is 6. The molecule has 1 fully saturated rings. The normalized spacial score (nSPS) is 13.9. The van der Waals surface area contributed by atoms with Crippen molar-refractivity contribution >= 4 is 35.1 Å². The minimum Gasteiger partial charge on any atom is -0.378 e. The second kappa shape index (κ2) is 9.86. The zero-order chi connectivity index (χ0) is 21.5. The lowest BCUT2D eigenvalue weighted by molar-refractivity contribution is -0.111. The number of benzene rings is 2. The number of aromatic nitrogens is 2. The summed E-state index contributed by atoms with van der Waals surface area (Å²) >= 11 is 0. The standard InChI is InChI=1S/C24H25N5O2/c1-18-17-22(28-24(25-18)29-13-15-31-16-14-29)26-20-8-10-21(11-9-20)27-23(30)12-7-19-5-3-2-4-6-19/h2-12,17H,13-16H2,1H3,(H,27,30)(H,25,26,28)/b12-7+. The molecule has 2 N–H and O–H groups in total. The van der Waals surface area contributed by atoms with Gasteiger partial charge in [-0.05, 0) is 42.8 Å². The fourth-order valence-corrected chi connectivity index (χ4v) is 3.23. The van der Waals surface area contributed by atoms with Crippen LogP contribution in [0.2, 0.25) is 0 Å². The molecule has 3 aromatic rings. The second-order valence-corrected chi connectivity index (χ2v) is 7.23. The van der Waals surface area contributed by atoms with Crippen LogP contribution in [-0.4, -0.2) is 42.2 Å². The van der Waals surface area contributed by atoms with Gasteiger partial charge in [-0.1, -0.05) is 30.3 Å². The molecule has 1 aliphatic rings. The van der Waals surface area contributed by atoms with Crippen LogP contribution >= 0.6 is 0 Å². The molecule has 1 saturated heterocycles. The topological polar surface area (TPSA) is 79.4 Å². The van der Waals surface area contributed by atoms with Crippen LogP contribution in [-0.2, 0) is 9.53 Å². The molecule has 0 saturated carbocycles. The van der Waals surface area contributed by atoms with Crippen molar-refractivity contribution in [2.24, 2.45) is 0 Å². The first-order valence-electron chi connectivity index (χ1n) is 10.3. The molecule has 7 nitrogen and oxygen atoms in total. The summed E-state index contributed by atoms with van der Waals surface area (Å²) in [6, 6.07) is 19.1. The van der Waals surface area contributed by atoms with E-state index < -0.39 is 0 Å². The van der Waals surface area contributed by atoms with Gasteiger partial charge in [-0.2, -0.15) is 4.98 Å². The van der Waals surface area contributed by atoms with Crippen molar-refractivity contribution < 1.29 is 9.53 Å². The highest BCUT2D eigenvalue weighted by Crippen LogP contribution is 2.21. The summed E-state index contributed by atoms with van der Waals surface area (Å²) in [5.74, 6) is 1.27. The molecule has 4 rings (SSSR count). The van der Waals surface area contributed by atoms with E-state index in [2.05, 4.69) is 25.5 Å². The predicted octanol–water partition coefficient (Wildman–Crippen LogP) is 4.02. The van der Waals surface area contributed by atoms with Crippen LogP contribution in [0.4, 0.5) is 23.1 Å². The zero-order valence-electron chi connectivity index (χ0n) is 17.4. The number of morpholine rings is 1. The second-order valence-electron chi connectivity index (χ2n) is 7.23. The molecule has 7 heteroatoms. The van der Waals surface area contributed by atoms with Crippen molar-refractivity contribution in [2.75, 3.05) is 41.8 Å². The number of carbonyl (C=O) groups excluding carboxylic acids is 1. The van der Waals surface area contributed by atoms with Crippen LogP contribution in [0.15, 0.2) is 66.7 Å². The molecule has 2 aromatic carbocycles. The van der Waals surface area contributed by atoms with E-state index in [-0.39, 0.29) is 5.91 Å². The number of hydrogen-bond donors (Lipinski definition) is 2. The maximum absolute atomic E-state index is 12.1. The van der Waals surface area contributed by atoms with Crippen LogP contribution in [0, 0.1) is 6.92 Å². The first kappa shape index (κ1) is 20.6. The van der Waals surface area contributed by atoms with E-state index in [4.69, 9.17) is 4.74 Å². The smallest absolute Gasteiger partial charge is 0.248 e. The number of carbonyl (C=O) groups is 1. The Morgan fingerprint density at radius 1 is 1.00 bits per heavy atom. The fraction of sp³-hybridized carbons (Fsp3) is 0.208. The Balaban J connectivity index is 1.38. The van der Waals surface area contributed by atoms with Crippen LogP contribution in [0.25, 0.3) is 6.08 Å². The zero-order valence-corrected chi connectivity index (χ0v) is 17.4. The summed E-state index contributed by atoms with van der Waals surface area (Å²) in [5.41, 5.74) is 3.48. The Kier molecular flexibility index (Phi) is 6.54. The highest BCUT2D eigenvalue weighted by molar-refractivity contribution is 6.02. The molecular weight excluding hydrogens is 390 g/mol. The van der Waals surface area contributed by atoms with Gasteiger partial charge in [0.25, 0.3) is 0 Å². The summed E-state index contributed by atoms with van der Waals surface area (Å²) in [4.78, 5) is 23.5. The van der Waals surface area contributed by atoms with E-state index in [1.807, 2.05) is 67.6 Å². The predicted molar refractivity (Wildman–Crippen MR) is 124 cm³/mol. The molecule has 2 heterocycles. The van der Waals surface area contributed by atoms with Gasteiger partial charge in [-0.25, -0.2) is 4.98 Å². The quantitative estimate of drug-likeness (QED) is 0.592. The first-order chi connectivity index (χ1) is 15.2. The third-order valence-corrected chi connectivity index (χ3v) is 4.79. The summed E-state index contributed by atoms with van der Waals surface area (Å²) < 4.78 is 5.41. The van der Waals surface area contributed by atoms with Gasteiger partial charge in [0.15, 0.2) is 0 Å². The van der Waals surface area contributed by atoms with Crippen molar-refractivity contribution in [3.05, 3.63) is 78.0 Å². The Labute approximate surface area is 181 Å². The number of rotatable bonds is 6. The molecule has 0 radical (unpaired) electrons. The lowest BCUT2D eigenvalue weighted by atomic mass is 10.2. The van der Waals surface area contributed by atoms with Gasteiger partial charge in [0.1, 0.15) is 5.82 Å². The van der Waals surface area contributed by atoms with Crippen LogP contribution in [0.1, 0.15) is 11.3 Å². The molecule has 158 valence electrons. The average Bonchev–Trinajstić information content (AvgIpc) is 2.80. The number of ether oxygens (including phenoxy) is 1. The van der Waals surface area contributed by atoms with Gasteiger partial charge < -0.3 is 20.3 Å². The third kappa shape index (κ3) is 5.90. The van der Waals surface area contributed by atoms with Gasteiger partial charge in [0.05, 0.1) is 13.2 Å². The molecule has 0 unspecified atom stereocenters. The van der Waals surface area contributed by atoms with E-state index in [0.717, 1.165) is 41.5 Å². The molecule has 0 spiro atoms. The number of aryl methyl sites for hydroxylation is 1. The van der Waals surface area contributed by atoms with E-state index >= 15 is 0 Å². The van der Waals surface area contributed by atoms with Crippen molar-refractivity contribution in [3.63, 3.8) is 0 Å². The molecule has 0 aliphatic carbocycles. The van der Waals surface area contributed by atoms with Crippen LogP contribution in [0.3, 0.4) is 0 Å². The van der Waals surface area contributed by atoms with Gasteiger partial charge >= 0.3 is 0 Å². The average molecular weight is 415 g/mol. The largest absolute Gasteiger partial charge is 0.378 e. The Hall–Kier alpha value is -3.71. The Bertz CT molecular complexity index is 1050. The fourth-order valence-electron chi connectivity index (χ4n) is 3.23. The van der Waals surface area contributed by atoms with E-state index in [1.165, 1.54) is 6.08 Å². The van der Waals surface area contributed by atoms with E-state index in [1.54, 1.807) is 6.08 Å². The number of nitrogens with zero attached hydrogens (tertiary/aromatic N) is 3. The maximum Gasteiger partial charge on any atom is 0.248 e. The van der Waals surface area contributed by atoms with Crippen molar-refractivity contribution in [1.29, 1.82) is 0 Å². The Morgan fingerprint density at radius 2 is 1.71 bits per heavy atom. The Morgan fingerprint density at radius 3 is 2.45 bits per heavy atom. The summed E-state index contributed by atoms with van der Waals surface area (Å²) in [6.45, 7) is 4.91. The number of nitrogens with one attached hydrogen (secondary N) is 2. The van der Waals surface area contributed by atoms with Crippen LogP contribution in [0.5, 0.6) is 0 Å². The van der Waals surface area contributed by atoms with Crippen LogP contribution < -0.4 is 15.5 Å². The van der Waals surface area contributed by atoms with Crippen molar-refractivity contribution in [2.45, 2.75) is 6.92 Å². The van der Waals surface area contributed by atoms with Gasteiger partial charge in [0.2, 0.25) is 11.9 Å². The maximum atomic E-state index is 12.1. The molecule has 1 aromatic heterocycles. The monoisotopic (exact) mass is 415 g/mol. The molecular formula is C24H25N5O2. The van der Waals surface area contributed by atoms with Crippen molar-refractivity contribution in [3.8, 4) is 0 Å². The summed E-state index contributed by atoms with van der Waals surface area (Å²) in [7, 11) is 0. The number of anilines is 4. The number of amides is 1. The molecule has 31 heavy (non-hydrogen) atoms. The first-order valence-corrected chi connectivity index (χ1v) is 10.3. The van der Waals surface area contributed by atoms with Gasteiger partial charge in [-0.15, -0.1) is 0 Å². The SMILES string of the molecule is Cc1cc(Nc2ccc(NC(=O)/C=C/c3ccccc3)cc2)nc(N2CCOCC2)n1. The molecule has 0 atom stereocenters. The van der Waals surface area contributed by atoms with E-state index in [9.17, 15) is 4.79 Å². The summed E-state index contributed by atoms with van der Waals surface area (Å²) in [5, 5.41) is 6.18. The van der Waals surface area contributed by atoms with Gasteiger partial charge in [0, 0.05) is 42.3 Å². The molecule has 0 bridgehead atoms. The van der Waals surface area contributed by atoms with Crippen molar-refractivity contribution in [1.82, 2.24) is 9.97 Å². The highest BCUT2D eigenvalue weighted by Gasteiger charge is 2.15. The lowest BCUT2D eigenvalue weighted by Crippen LogP contribution is -2.37. The molecule has 1 aliphatic heterocycles. The third-order valence-electron chi connectivity index (χ3n) is 4.79.